The summed E-state index contributed by atoms with van der Waals surface area (Å²) in [6.07, 6.45) is 7.79. The van der Waals surface area contributed by atoms with Crippen LogP contribution in [0.4, 0.5) is 0 Å². The zero-order valence-corrected chi connectivity index (χ0v) is 12.9. The van der Waals surface area contributed by atoms with Gasteiger partial charge in [-0.1, -0.05) is 19.3 Å². The summed E-state index contributed by atoms with van der Waals surface area (Å²) in [6, 6.07) is 1.61. The number of rotatable bonds is 5. The Morgan fingerprint density at radius 1 is 1.35 bits per heavy atom. The van der Waals surface area contributed by atoms with Crippen molar-refractivity contribution in [2.75, 3.05) is 13.2 Å². The number of amides is 1. The number of carbonyl (C=O) groups is 2. The highest BCUT2D eigenvalue weighted by Crippen LogP contribution is 2.22. The van der Waals surface area contributed by atoms with E-state index in [9.17, 15) is 9.59 Å². The molecule has 0 atom stereocenters. The van der Waals surface area contributed by atoms with Gasteiger partial charge in [0.25, 0.3) is 5.91 Å². The van der Waals surface area contributed by atoms with Crippen LogP contribution in [0, 0.1) is 5.92 Å². The lowest BCUT2D eigenvalue weighted by atomic mass is 9.89. The Hall–Kier alpha value is -1.30. The quantitative estimate of drug-likeness (QED) is 0.808. The number of ether oxygens (including phenoxy) is 1. The molecule has 0 aliphatic heterocycles. The molecule has 0 bridgehead atoms. The number of halogens is 1. The highest BCUT2D eigenvalue weighted by Gasteiger charge is 2.15. The van der Waals surface area contributed by atoms with E-state index in [0.29, 0.717) is 18.2 Å². The normalized spacial score (nSPS) is 15.8. The van der Waals surface area contributed by atoms with Gasteiger partial charge in [0.2, 0.25) is 0 Å². The van der Waals surface area contributed by atoms with Crippen molar-refractivity contribution < 1.29 is 14.3 Å². The van der Waals surface area contributed by atoms with E-state index in [1.807, 2.05) is 0 Å². The Morgan fingerprint density at radius 3 is 2.75 bits per heavy atom. The molecule has 5 nitrogen and oxygen atoms in total. The molecule has 0 aromatic carbocycles. The highest BCUT2D eigenvalue weighted by atomic mass is 79.9. The molecule has 110 valence electrons. The first kappa shape index (κ1) is 15.1. The summed E-state index contributed by atoms with van der Waals surface area (Å²) >= 11 is 3.23. The first-order chi connectivity index (χ1) is 9.65. The molecule has 0 spiro atoms. The predicted octanol–water partition coefficient (Wildman–Crippen LogP) is 2.63. The zero-order chi connectivity index (χ0) is 14.4. The molecule has 1 saturated carbocycles. The van der Waals surface area contributed by atoms with Crippen molar-refractivity contribution >= 4 is 27.8 Å². The van der Waals surface area contributed by atoms with Gasteiger partial charge in [0.05, 0.1) is 0 Å². The SMILES string of the molecule is O=C(COC(=O)c1cc(Br)c[nH]1)NCC1CCCCC1. The number of aromatic amines is 1. The molecule has 6 heteroatoms. The molecule has 1 aromatic rings. The Kier molecular flexibility index (Phi) is 5.64. The Labute approximate surface area is 126 Å². The first-order valence-electron chi connectivity index (χ1n) is 6.93. The van der Waals surface area contributed by atoms with Gasteiger partial charge in [0.15, 0.2) is 6.61 Å². The van der Waals surface area contributed by atoms with Crippen molar-refractivity contribution in [3.05, 3.63) is 22.4 Å². The monoisotopic (exact) mass is 342 g/mol. The third kappa shape index (κ3) is 4.67. The Morgan fingerprint density at radius 2 is 2.10 bits per heavy atom. The van der Waals surface area contributed by atoms with Crippen LogP contribution in [0.2, 0.25) is 0 Å². The fourth-order valence-electron chi connectivity index (χ4n) is 2.40. The van der Waals surface area contributed by atoms with Crippen molar-refractivity contribution in [3.63, 3.8) is 0 Å². The molecular formula is C14H19BrN2O3. The van der Waals surface area contributed by atoms with Crippen LogP contribution in [-0.4, -0.2) is 30.0 Å². The lowest BCUT2D eigenvalue weighted by molar-refractivity contribution is -0.124. The average Bonchev–Trinajstić information content (AvgIpc) is 2.90. The molecule has 20 heavy (non-hydrogen) atoms. The van der Waals surface area contributed by atoms with Gasteiger partial charge in [-0.3, -0.25) is 4.79 Å². The number of esters is 1. The van der Waals surface area contributed by atoms with Gasteiger partial charge in [0, 0.05) is 17.2 Å². The van der Waals surface area contributed by atoms with Crippen molar-refractivity contribution in [2.24, 2.45) is 5.92 Å². The van der Waals surface area contributed by atoms with Crippen LogP contribution in [0.5, 0.6) is 0 Å². The van der Waals surface area contributed by atoms with Gasteiger partial charge in [0.1, 0.15) is 5.69 Å². The standard InChI is InChI=1S/C14H19BrN2O3/c15-11-6-12(16-8-11)14(19)20-9-13(18)17-7-10-4-2-1-3-5-10/h6,8,10,16H,1-5,7,9H2,(H,17,18). The van der Waals surface area contributed by atoms with Gasteiger partial charge in [-0.2, -0.15) is 0 Å². The Bertz CT molecular complexity index is 467. The minimum Gasteiger partial charge on any atom is -0.451 e. The predicted molar refractivity (Wildman–Crippen MR) is 78.4 cm³/mol. The van der Waals surface area contributed by atoms with Crippen LogP contribution in [0.1, 0.15) is 42.6 Å². The minimum atomic E-state index is -0.525. The molecule has 2 N–H and O–H groups in total. The molecule has 1 amide bonds. The fourth-order valence-corrected chi connectivity index (χ4v) is 2.74. The van der Waals surface area contributed by atoms with Crippen LogP contribution in [-0.2, 0) is 9.53 Å². The lowest BCUT2D eigenvalue weighted by Gasteiger charge is -2.21. The number of hydrogen-bond donors (Lipinski definition) is 2. The van der Waals surface area contributed by atoms with E-state index in [2.05, 4.69) is 26.2 Å². The van der Waals surface area contributed by atoms with Crippen LogP contribution in [0.15, 0.2) is 16.7 Å². The summed E-state index contributed by atoms with van der Waals surface area (Å²) in [4.78, 5) is 26.0. The van der Waals surface area contributed by atoms with E-state index in [1.165, 1.54) is 32.1 Å². The van der Waals surface area contributed by atoms with Crippen molar-refractivity contribution in [3.8, 4) is 0 Å². The molecule has 0 unspecified atom stereocenters. The average molecular weight is 343 g/mol. The first-order valence-corrected chi connectivity index (χ1v) is 7.72. The van der Waals surface area contributed by atoms with Crippen LogP contribution < -0.4 is 5.32 Å². The van der Waals surface area contributed by atoms with E-state index in [0.717, 1.165) is 4.47 Å². The molecular weight excluding hydrogens is 324 g/mol. The van der Waals surface area contributed by atoms with Crippen LogP contribution in [0.25, 0.3) is 0 Å². The van der Waals surface area contributed by atoms with Crippen LogP contribution in [0.3, 0.4) is 0 Å². The smallest absolute Gasteiger partial charge is 0.355 e. The molecule has 1 fully saturated rings. The highest BCUT2D eigenvalue weighted by molar-refractivity contribution is 9.10. The van der Waals surface area contributed by atoms with Gasteiger partial charge in [-0.05, 0) is 40.8 Å². The molecule has 1 aliphatic carbocycles. The van der Waals surface area contributed by atoms with Gasteiger partial charge < -0.3 is 15.0 Å². The second kappa shape index (κ2) is 7.47. The topological polar surface area (TPSA) is 71.2 Å². The maximum atomic E-state index is 11.6. The third-order valence-electron chi connectivity index (χ3n) is 3.51. The zero-order valence-electron chi connectivity index (χ0n) is 11.3. The summed E-state index contributed by atoms with van der Waals surface area (Å²) in [5.74, 6) is -0.194. The maximum absolute atomic E-state index is 11.6. The number of hydrogen-bond acceptors (Lipinski definition) is 3. The molecule has 0 radical (unpaired) electrons. The van der Waals surface area contributed by atoms with Crippen molar-refractivity contribution in [1.82, 2.24) is 10.3 Å². The van der Waals surface area contributed by atoms with E-state index < -0.39 is 5.97 Å². The molecule has 1 aromatic heterocycles. The molecule has 0 saturated heterocycles. The van der Waals surface area contributed by atoms with Gasteiger partial charge in [-0.15, -0.1) is 0 Å². The van der Waals surface area contributed by atoms with E-state index in [4.69, 9.17) is 4.74 Å². The summed E-state index contributed by atoms with van der Waals surface area (Å²) < 4.78 is 5.71. The maximum Gasteiger partial charge on any atom is 0.355 e. The van der Waals surface area contributed by atoms with Gasteiger partial charge >= 0.3 is 5.97 Å². The summed E-state index contributed by atoms with van der Waals surface area (Å²) in [5, 5.41) is 2.83. The largest absolute Gasteiger partial charge is 0.451 e. The molecule has 2 rings (SSSR count). The lowest BCUT2D eigenvalue weighted by Crippen LogP contribution is -2.33. The van der Waals surface area contributed by atoms with E-state index >= 15 is 0 Å². The second-order valence-corrected chi connectivity index (χ2v) is 6.03. The third-order valence-corrected chi connectivity index (χ3v) is 3.97. The summed E-state index contributed by atoms with van der Waals surface area (Å²) in [7, 11) is 0. The molecule has 1 heterocycles. The number of carbonyl (C=O) groups excluding carboxylic acids is 2. The minimum absolute atomic E-state index is 0.234. The van der Waals surface area contributed by atoms with E-state index in [-0.39, 0.29) is 12.5 Å². The Balaban J connectivity index is 1.65. The summed E-state index contributed by atoms with van der Waals surface area (Å²) in [6.45, 7) is 0.451. The van der Waals surface area contributed by atoms with E-state index in [1.54, 1.807) is 12.3 Å². The number of aromatic nitrogens is 1. The van der Waals surface area contributed by atoms with Crippen LogP contribution >= 0.6 is 15.9 Å². The van der Waals surface area contributed by atoms with Crippen molar-refractivity contribution in [1.29, 1.82) is 0 Å². The summed E-state index contributed by atoms with van der Waals surface area (Å²) in [5.41, 5.74) is 0.331. The second-order valence-electron chi connectivity index (χ2n) is 5.12. The fraction of sp³-hybridized carbons (Fsp3) is 0.571. The number of nitrogens with one attached hydrogen (secondary N) is 2. The van der Waals surface area contributed by atoms with Gasteiger partial charge in [-0.25, -0.2) is 4.79 Å². The molecule has 1 aliphatic rings. The number of H-pyrrole nitrogens is 1. The van der Waals surface area contributed by atoms with Crippen molar-refractivity contribution in [2.45, 2.75) is 32.1 Å².